The summed E-state index contributed by atoms with van der Waals surface area (Å²) in [5, 5.41) is 0. The topological polar surface area (TPSA) is 26.0 Å². The summed E-state index contributed by atoms with van der Waals surface area (Å²) < 4.78 is 73.8. The molecule has 1 aromatic carbocycles. The fourth-order valence-electron chi connectivity index (χ4n) is 1.13. The van der Waals surface area contributed by atoms with E-state index in [1.165, 1.54) is 0 Å². The van der Waals surface area contributed by atoms with Crippen molar-refractivity contribution < 1.29 is 26.3 Å². The van der Waals surface area contributed by atoms with E-state index in [9.17, 15) is 26.3 Å². The fraction of sp³-hybridized carbons (Fsp3) is 0.333. The van der Waals surface area contributed by atoms with E-state index < -0.39 is 29.5 Å². The average Bonchev–Trinajstić information content (AvgIpc) is 2.14. The highest BCUT2D eigenvalue weighted by Gasteiger charge is 2.40. The zero-order valence-electron chi connectivity index (χ0n) is 8.44. The molecule has 0 aliphatic rings. The fourth-order valence-corrected chi connectivity index (χ4v) is 1.63. The molecular weight excluding hydrogens is 351 g/mol. The Morgan fingerprint density at radius 2 is 1.56 bits per heavy atom. The van der Waals surface area contributed by atoms with E-state index in [-0.39, 0.29) is 16.9 Å². The molecule has 1 rings (SSSR count). The molecule has 104 valence electrons. The van der Waals surface area contributed by atoms with Gasteiger partial charge in [-0.15, -0.1) is 12.4 Å². The van der Waals surface area contributed by atoms with Gasteiger partial charge in [0, 0.05) is 4.47 Å². The summed E-state index contributed by atoms with van der Waals surface area (Å²) in [5.74, 6) is 0. The molecule has 0 amide bonds. The van der Waals surface area contributed by atoms with Crippen molar-refractivity contribution in [3.05, 3.63) is 33.8 Å². The summed E-state index contributed by atoms with van der Waals surface area (Å²) in [6.07, 6.45) is -9.51. The molecule has 0 radical (unpaired) electrons. The second kappa shape index (κ2) is 5.66. The molecule has 0 spiro atoms. The van der Waals surface area contributed by atoms with Crippen LogP contribution in [0.25, 0.3) is 0 Å². The van der Waals surface area contributed by atoms with Crippen LogP contribution < -0.4 is 5.73 Å². The lowest BCUT2D eigenvalue weighted by Crippen LogP contribution is -2.29. The van der Waals surface area contributed by atoms with Crippen molar-refractivity contribution in [3.63, 3.8) is 0 Å². The lowest BCUT2D eigenvalue weighted by Gasteiger charge is -2.18. The van der Waals surface area contributed by atoms with Crippen LogP contribution in [0.1, 0.15) is 17.2 Å². The minimum atomic E-state index is -4.80. The van der Waals surface area contributed by atoms with Crippen LogP contribution in [0, 0.1) is 0 Å². The molecule has 1 aromatic rings. The van der Waals surface area contributed by atoms with Gasteiger partial charge in [-0.25, -0.2) is 0 Å². The van der Waals surface area contributed by atoms with Crippen molar-refractivity contribution in [1.29, 1.82) is 0 Å². The predicted octanol–water partition coefficient (Wildman–Crippen LogP) is 4.45. The SMILES string of the molecule is Cl.N[C@@H](c1cc(C(F)(F)F)ccc1Br)C(F)(F)F. The molecule has 0 saturated carbocycles. The van der Waals surface area contributed by atoms with Crippen LogP contribution in [0.3, 0.4) is 0 Å². The second-order valence-electron chi connectivity index (χ2n) is 3.25. The molecule has 9 heteroatoms. The number of benzene rings is 1. The Labute approximate surface area is 113 Å². The van der Waals surface area contributed by atoms with Crippen molar-refractivity contribution in [1.82, 2.24) is 0 Å². The summed E-state index contributed by atoms with van der Waals surface area (Å²) in [7, 11) is 0. The lowest BCUT2D eigenvalue weighted by atomic mass is 10.0. The first-order chi connectivity index (χ1) is 7.53. The maximum Gasteiger partial charge on any atom is 0.416 e. The van der Waals surface area contributed by atoms with Crippen LogP contribution >= 0.6 is 28.3 Å². The van der Waals surface area contributed by atoms with Gasteiger partial charge in [-0.2, -0.15) is 26.3 Å². The zero-order chi connectivity index (χ0) is 13.4. The molecule has 0 unspecified atom stereocenters. The molecule has 0 aliphatic carbocycles. The lowest BCUT2D eigenvalue weighted by molar-refractivity contribution is -0.150. The molecular formula is C9H7BrClF6N. The van der Waals surface area contributed by atoms with Gasteiger partial charge >= 0.3 is 12.4 Å². The van der Waals surface area contributed by atoms with Gasteiger partial charge in [0.2, 0.25) is 0 Å². The van der Waals surface area contributed by atoms with Gasteiger partial charge in [0.05, 0.1) is 5.56 Å². The summed E-state index contributed by atoms with van der Waals surface area (Å²) >= 11 is 2.74. The number of halogens is 8. The molecule has 0 aliphatic heterocycles. The number of nitrogens with two attached hydrogens (primary N) is 1. The molecule has 0 bridgehead atoms. The van der Waals surface area contributed by atoms with E-state index in [0.717, 1.165) is 6.07 Å². The highest BCUT2D eigenvalue weighted by atomic mass is 79.9. The van der Waals surface area contributed by atoms with E-state index in [1.807, 2.05) is 0 Å². The highest BCUT2D eigenvalue weighted by molar-refractivity contribution is 9.10. The van der Waals surface area contributed by atoms with E-state index in [0.29, 0.717) is 12.1 Å². The summed E-state index contributed by atoms with van der Waals surface area (Å²) in [6, 6.07) is -0.498. The first-order valence-corrected chi connectivity index (χ1v) is 5.01. The molecule has 18 heavy (non-hydrogen) atoms. The van der Waals surface area contributed by atoms with E-state index in [1.54, 1.807) is 0 Å². The molecule has 1 nitrogen and oxygen atoms in total. The van der Waals surface area contributed by atoms with E-state index in [2.05, 4.69) is 15.9 Å². The molecule has 0 fully saturated rings. The molecule has 2 N–H and O–H groups in total. The van der Waals surface area contributed by atoms with Gasteiger partial charge in [-0.3, -0.25) is 0 Å². The zero-order valence-corrected chi connectivity index (χ0v) is 10.8. The van der Waals surface area contributed by atoms with Crippen LogP contribution in [0.2, 0.25) is 0 Å². The van der Waals surface area contributed by atoms with Crippen molar-refractivity contribution in [2.75, 3.05) is 0 Å². The maximum atomic E-state index is 12.3. The molecule has 0 saturated heterocycles. The maximum absolute atomic E-state index is 12.3. The minimum absolute atomic E-state index is 0. The Morgan fingerprint density at radius 3 is 1.94 bits per heavy atom. The molecule has 0 aromatic heterocycles. The van der Waals surface area contributed by atoms with Crippen LogP contribution in [0.5, 0.6) is 0 Å². The summed E-state index contributed by atoms with van der Waals surface area (Å²) in [4.78, 5) is 0. The van der Waals surface area contributed by atoms with Gasteiger partial charge in [0.15, 0.2) is 0 Å². The Kier molecular flexibility index (Phi) is 5.52. The first kappa shape index (κ1) is 17.5. The van der Waals surface area contributed by atoms with Crippen LogP contribution in [0.15, 0.2) is 22.7 Å². The van der Waals surface area contributed by atoms with Crippen LogP contribution in [-0.4, -0.2) is 6.18 Å². The standard InChI is InChI=1S/C9H6BrF6N.ClH/c10-6-2-1-4(8(11,12)13)3-5(6)7(17)9(14,15)16;/h1-3,7H,17H2;1H/t7-;/m0./s1. The Balaban J connectivity index is 0.00000289. The molecule has 0 heterocycles. The summed E-state index contributed by atoms with van der Waals surface area (Å²) in [6.45, 7) is 0. The number of rotatable bonds is 1. The third-order valence-corrected chi connectivity index (χ3v) is 2.73. The van der Waals surface area contributed by atoms with Crippen LogP contribution in [-0.2, 0) is 6.18 Å². The smallest absolute Gasteiger partial charge is 0.316 e. The van der Waals surface area contributed by atoms with Crippen molar-refractivity contribution >= 4 is 28.3 Å². The van der Waals surface area contributed by atoms with Gasteiger partial charge in [-0.05, 0) is 23.8 Å². The number of hydrogen-bond acceptors (Lipinski definition) is 1. The highest BCUT2D eigenvalue weighted by Crippen LogP contribution is 2.38. The van der Waals surface area contributed by atoms with Crippen LogP contribution in [0.4, 0.5) is 26.3 Å². The largest absolute Gasteiger partial charge is 0.416 e. The minimum Gasteiger partial charge on any atom is -0.316 e. The van der Waals surface area contributed by atoms with Gasteiger partial charge in [0.1, 0.15) is 6.04 Å². The van der Waals surface area contributed by atoms with Gasteiger partial charge in [0.25, 0.3) is 0 Å². The first-order valence-electron chi connectivity index (χ1n) is 4.22. The van der Waals surface area contributed by atoms with Crippen molar-refractivity contribution in [2.24, 2.45) is 5.73 Å². The van der Waals surface area contributed by atoms with Gasteiger partial charge in [-0.1, -0.05) is 15.9 Å². The number of alkyl halides is 6. The van der Waals surface area contributed by atoms with E-state index in [4.69, 9.17) is 5.73 Å². The quantitative estimate of drug-likeness (QED) is 0.738. The Hall–Kier alpha value is -0.470. The van der Waals surface area contributed by atoms with E-state index >= 15 is 0 Å². The van der Waals surface area contributed by atoms with Crippen molar-refractivity contribution in [2.45, 2.75) is 18.4 Å². The predicted molar refractivity (Wildman–Crippen MR) is 59.4 cm³/mol. The number of hydrogen-bond donors (Lipinski definition) is 1. The average molecular weight is 359 g/mol. The van der Waals surface area contributed by atoms with Gasteiger partial charge < -0.3 is 5.73 Å². The normalized spacial score (nSPS) is 14.0. The monoisotopic (exact) mass is 357 g/mol. The Bertz CT molecular complexity index is 416. The summed E-state index contributed by atoms with van der Waals surface area (Å²) in [5.41, 5.74) is 3.05. The molecule has 1 atom stereocenters. The van der Waals surface area contributed by atoms with Crippen molar-refractivity contribution in [3.8, 4) is 0 Å². The second-order valence-corrected chi connectivity index (χ2v) is 4.11. The third-order valence-electron chi connectivity index (χ3n) is 2.01. The Morgan fingerprint density at radius 1 is 1.06 bits per heavy atom. The third kappa shape index (κ3) is 4.03.